The van der Waals surface area contributed by atoms with Crippen LogP contribution in [0.4, 0.5) is 0 Å². The lowest BCUT2D eigenvalue weighted by atomic mass is 10.3. The van der Waals surface area contributed by atoms with Crippen LogP contribution in [0.25, 0.3) is 6.08 Å². The van der Waals surface area contributed by atoms with Crippen LogP contribution >= 0.6 is 24.0 Å². The number of amides is 1. The van der Waals surface area contributed by atoms with E-state index in [-0.39, 0.29) is 5.91 Å². The first-order chi connectivity index (χ1) is 7.15. The van der Waals surface area contributed by atoms with Crippen LogP contribution in [0.3, 0.4) is 0 Å². The van der Waals surface area contributed by atoms with Crippen molar-refractivity contribution < 1.29 is 4.79 Å². The Hall–Kier alpha value is -1.47. The number of aromatic nitrogens is 2. The average Bonchev–Trinajstić information content (AvgIpc) is 2.45. The summed E-state index contributed by atoms with van der Waals surface area (Å²) in [7, 11) is 0. The molecule has 15 heavy (non-hydrogen) atoms. The molecule has 0 radical (unpaired) electrons. The van der Waals surface area contributed by atoms with Crippen LogP contribution in [0, 0.1) is 0 Å². The molecule has 2 rings (SSSR count). The second kappa shape index (κ2) is 3.95. The fraction of sp³-hybridized carbons (Fsp3) is 0. The van der Waals surface area contributed by atoms with Gasteiger partial charge in [0.1, 0.15) is 4.32 Å². The van der Waals surface area contributed by atoms with Crippen LogP contribution in [0.2, 0.25) is 0 Å². The van der Waals surface area contributed by atoms with Crippen molar-refractivity contribution in [2.45, 2.75) is 0 Å². The number of thiocarbonyl (C=S) groups is 1. The summed E-state index contributed by atoms with van der Waals surface area (Å²) < 4.78 is 0.419. The number of rotatable bonds is 1. The molecule has 0 unspecified atom stereocenters. The van der Waals surface area contributed by atoms with Crippen molar-refractivity contribution in [3.63, 3.8) is 0 Å². The number of nitrogens with zero attached hydrogens (tertiary/aromatic N) is 1. The number of aromatic amines is 1. The van der Waals surface area contributed by atoms with E-state index in [4.69, 9.17) is 12.2 Å². The minimum Gasteiger partial charge on any atom is -0.307 e. The third-order valence-corrected chi connectivity index (χ3v) is 2.79. The van der Waals surface area contributed by atoms with Crippen LogP contribution in [-0.4, -0.2) is 20.2 Å². The second-order valence-corrected chi connectivity index (χ2v) is 4.40. The van der Waals surface area contributed by atoms with E-state index in [1.54, 1.807) is 12.1 Å². The van der Waals surface area contributed by atoms with E-state index in [2.05, 4.69) is 15.3 Å². The monoisotopic (exact) mass is 239 g/mol. The van der Waals surface area contributed by atoms with Crippen molar-refractivity contribution in [3.05, 3.63) is 33.3 Å². The fourth-order valence-electron chi connectivity index (χ4n) is 1.03. The Morgan fingerprint density at radius 3 is 2.87 bits per heavy atom. The molecule has 0 bridgehead atoms. The first-order valence-corrected chi connectivity index (χ1v) is 5.18. The van der Waals surface area contributed by atoms with Crippen molar-refractivity contribution in [3.8, 4) is 0 Å². The summed E-state index contributed by atoms with van der Waals surface area (Å²) in [4.78, 5) is 28.6. The van der Waals surface area contributed by atoms with Crippen LogP contribution in [-0.2, 0) is 4.79 Å². The van der Waals surface area contributed by atoms with Crippen LogP contribution in [0.1, 0.15) is 5.69 Å². The van der Waals surface area contributed by atoms with Gasteiger partial charge >= 0.3 is 5.69 Å². The van der Waals surface area contributed by atoms with Crippen LogP contribution in [0.15, 0.2) is 22.0 Å². The molecule has 0 saturated carbocycles. The Kier molecular flexibility index (Phi) is 2.65. The third-order valence-electron chi connectivity index (χ3n) is 1.63. The van der Waals surface area contributed by atoms with Gasteiger partial charge in [-0.05, 0) is 12.1 Å². The van der Waals surface area contributed by atoms with Crippen molar-refractivity contribution in [2.24, 2.45) is 0 Å². The summed E-state index contributed by atoms with van der Waals surface area (Å²) >= 11 is 5.98. The molecule has 1 aliphatic rings. The topological polar surface area (TPSA) is 74.8 Å². The van der Waals surface area contributed by atoms with Crippen molar-refractivity contribution >= 4 is 40.3 Å². The van der Waals surface area contributed by atoms with Crippen LogP contribution < -0.4 is 11.0 Å². The Balaban J connectivity index is 2.35. The maximum atomic E-state index is 11.3. The molecule has 1 aromatic rings. The SMILES string of the molecule is O=C1NC(=S)S/C1=C\c1ccnc(=O)[nH]1. The molecule has 1 saturated heterocycles. The zero-order chi connectivity index (χ0) is 10.8. The lowest BCUT2D eigenvalue weighted by molar-refractivity contribution is -0.115. The first kappa shape index (κ1) is 10.1. The summed E-state index contributed by atoms with van der Waals surface area (Å²) in [6.07, 6.45) is 2.93. The van der Waals surface area contributed by atoms with E-state index in [9.17, 15) is 9.59 Å². The van der Waals surface area contributed by atoms with Crippen molar-refractivity contribution in [1.82, 2.24) is 15.3 Å². The van der Waals surface area contributed by atoms with Gasteiger partial charge < -0.3 is 10.3 Å². The molecule has 7 heteroatoms. The van der Waals surface area contributed by atoms with Gasteiger partial charge in [-0.2, -0.15) is 0 Å². The molecule has 0 atom stereocenters. The van der Waals surface area contributed by atoms with Gasteiger partial charge in [0.25, 0.3) is 5.91 Å². The maximum absolute atomic E-state index is 11.3. The first-order valence-electron chi connectivity index (χ1n) is 3.95. The molecule has 2 heterocycles. The number of H-pyrrole nitrogens is 1. The van der Waals surface area contributed by atoms with E-state index < -0.39 is 5.69 Å². The normalized spacial score (nSPS) is 18.3. The van der Waals surface area contributed by atoms with E-state index in [1.165, 1.54) is 6.20 Å². The van der Waals surface area contributed by atoms with Gasteiger partial charge in [0.2, 0.25) is 0 Å². The highest BCUT2D eigenvalue weighted by atomic mass is 32.2. The van der Waals surface area contributed by atoms with E-state index >= 15 is 0 Å². The van der Waals surface area contributed by atoms with Gasteiger partial charge in [0.05, 0.1) is 4.91 Å². The Bertz CT molecular complexity index is 521. The molecule has 1 amide bonds. The zero-order valence-corrected chi connectivity index (χ0v) is 8.95. The molecular weight excluding hydrogens is 234 g/mol. The van der Waals surface area contributed by atoms with E-state index in [0.717, 1.165) is 11.8 Å². The Labute approximate surface area is 94.0 Å². The van der Waals surface area contributed by atoms with Gasteiger partial charge in [-0.1, -0.05) is 24.0 Å². The van der Waals surface area contributed by atoms with E-state index in [0.29, 0.717) is 14.9 Å². The molecule has 0 aliphatic carbocycles. The quantitative estimate of drug-likeness (QED) is 0.543. The molecule has 0 aromatic carbocycles. The minimum absolute atomic E-state index is 0.248. The summed E-state index contributed by atoms with van der Waals surface area (Å²) in [5.41, 5.74) is 0.0766. The number of carbonyl (C=O) groups excluding carboxylic acids is 1. The summed E-state index contributed by atoms with van der Waals surface area (Å²) in [6, 6.07) is 1.60. The zero-order valence-electron chi connectivity index (χ0n) is 7.31. The molecule has 1 fully saturated rings. The summed E-state index contributed by atoms with van der Waals surface area (Å²) in [6.45, 7) is 0. The Morgan fingerprint density at radius 2 is 2.27 bits per heavy atom. The molecule has 1 aliphatic heterocycles. The van der Waals surface area contributed by atoms with Gasteiger partial charge in [-0.25, -0.2) is 9.78 Å². The molecule has 2 N–H and O–H groups in total. The van der Waals surface area contributed by atoms with Gasteiger partial charge in [-0.3, -0.25) is 4.79 Å². The highest BCUT2D eigenvalue weighted by molar-refractivity contribution is 8.26. The lowest BCUT2D eigenvalue weighted by Gasteiger charge is -1.93. The van der Waals surface area contributed by atoms with Crippen molar-refractivity contribution in [1.29, 1.82) is 0 Å². The minimum atomic E-state index is -0.449. The molecular formula is C8H5N3O2S2. The number of thioether (sulfide) groups is 1. The second-order valence-electron chi connectivity index (χ2n) is 2.68. The maximum Gasteiger partial charge on any atom is 0.345 e. The molecule has 0 spiro atoms. The molecule has 1 aromatic heterocycles. The number of carbonyl (C=O) groups is 1. The lowest BCUT2D eigenvalue weighted by Crippen LogP contribution is -2.17. The standard InChI is InChI=1S/C8H5N3O2S2/c12-6-5(15-8(14)11-6)3-4-1-2-9-7(13)10-4/h1-3H,(H,9,10,13)(H,11,12,14)/b5-3-. The smallest absolute Gasteiger partial charge is 0.307 e. The predicted molar refractivity (Wildman–Crippen MR) is 61.2 cm³/mol. The third kappa shape index (κ3) is 2.31. The van der Waals surface area contributed by atoms with Gasteiger partial charge in [0, 0.05) is 11.9 Å². The number of hydrogen-bond donors (Lipinski definition) is 2. The fourth-order valence-corrected chi connectivity index (χ4v) is 2.06. The largest absolute Gasteiger partial charge is 0.345 e. The Morgan fingerprint density at radius 1 is 1.47 bits per heavy atom. The van der Waals surface area contributed by atoms with Gasteiger partial charge in [-0.15, -0.1) is 0 Å². The van der Waals surface area contributed by atoms with Crippen LogP contribution in [0.5, 0.6) is 0 Å². The summed E-state index contributed by atoms with van der Waals surface area (Å²) in [5.74, 6) is -0.248. The molecule has 5 nitrogen and oxygen atoms in total. The van der Waals surface area contributed by atoms with E-state index in [1.807, 2.05) is 0 Å². The average molecular weight is 239 g/mol. The van der Waals surface area contributed by atoms with Gasteiger partial charge in [0.15, 0.2) is 0 Å². The highest BCUT2D eigenvalue weighted by Crippen LogP contribution is 2.24. The predicted octanol–water partition coefficient (Wildman–Crippen LogP) is 0.259. The van der Waals surface area contributed by atoms with Crippen molar-refractivity contribution in [2.75, 3.05) is 0 Å². The summed E-state index contributed by atoms with van der Waals surface area (Å²) in [5, 5.41) is 2.48. The number of nitrogens with one attached hydrogen (secondary N) is 2. The molecule has 76 valence electrons. The highest BCUT2D eigenvalue weighted by Gasteiger charge is 2.21. The number of hydrogen-bond acceptors (Lipinski definition) is 5.